The number of aliphatic hydroxyl groups excluding tert-OH is 1. The zero-order valence-corrected chi connectivity index (χ0v) is 15.7. The number of aromatic nitrogens is 2. The fourth-order valence-electron chi connectivity index (χ4n) is 5.02. The van der Waals surface area contributed by atoms with Crippen molar-refractivity contribution < 1.29 is 9.90 Å². The standard InChI is InChI=1S/C22H24N4O2/c23-20-15-5-1-2-6-16(15)22(21(20)28)9-11-25(12-10-22)19(27)13-26-14-24-17-7-3-4-8-18(17)26/h1-8,14,20-21,28H,9-13,23H2/t20-,21+/m0/s1. The molecule has 1 aliphatic carbocycles. The number of para-hydroxylation sites is 2. The molecular weight excluding hydrogens is 352 g/mol. The molecule has 5 rings (SSSR count). The van der Waals surface area contributed by atoms with Crippen LogP contribution in [0.15, 0.2) is 54.9 Å². The van der Waals surface area contributed by atoms with E-state index in [1.807, 2.05) is 51.9 Å². The van der Waals surface area contributed by atoms with Crippen LogP contribution in [0.4, 0.5) is 0 Å². The number of hydrogen-bond donors (Lipinski definition) is 2. The summed E-state index contributed by atoms with van der Waals surface area (Å²) < 4.78 is 1.90. The van der Waals surface area contributed by atoms with Crippen LogP contribution in [0.25, 0.3) is 11.0 Å². The number of nitrogens with zero attached hydrogens (tertiary/aromatic N) is 3. The highest BCUT2D eigenvalue weighted by Gasteiger charge is 2.51. The molecule has 6 nitrogen and oxygen atoms in total. The van der Waals surface area contributed by atoms with E-state index in [1.165, 1.54) is 0 Å². The Labute approximate surface area is 163 Å². The number of likely N-dealkylation sites (tertiary alicyclic amines) is 1. The van der Waals surface area contributed by atoms with Gasteiger partial charge in [-0.25, -0.2) is 4.98 Å². The number of nitrogens with two attached hydrogens (primary N) is 1. The highest BCUT2D eigenvalue weighted by atomic mass is 16.3. The van der Waals surface area contributed by atoms with Crippen LogP contribution in [-0.4, -0.2) is 44.7 Å². The maximum Gasteiger partial charge on any atom is 0.242 e. The van der Waals surface area contributed by atoms with E-state index in [9.17, 15) is 9.90 Å². The Kier molecular flexibility index (Phi) is 4.00. The van der Waals surface area contributed by atoms with Gasteiger partial charge >= 0.3 is 0 Å². The van der Waals surface area contributed by atoms with Gasteiger partial charge in [-0.1, -0.05) is 36.4 Å². The molecule has 1 spiro atoms. The minimum atomic E-state index is -0.597. The molecule has 0 unspecified atom stereocenters. The van der Waals surface area contributed by atoms with Gasteiger partial charge in [0.05, 0.1) is 29.5 Å². The van der Waals surface area contributed by atoms with E-state index < -0.39 is 6.10 Å². The summed E-state index contributed by atoms with van der Waals surface area (Å²) in [6.45, 7) is 1.54. The molecular formula is C22H24N4O2. The summed E-state index contributed by atoms with van der Waals surface area (Å²) in [5.74, 6) is 0.0862. The number of imidazole rings is 1. The Morgan fingerprint density at radius 3 is 2.68 bits per heavy atom. The second kappa shape index (κ2) is 6.43. The molecule has 3 N–H and O–H groups in total. The summed E-state index contributed by atoms with van der Waals surface area (Å²) in [6.07, 6.45) is 2.59. The number of rotatable bonds is 2. The smallest absolute Gasteiger partial charge is 0.242 e. The molecule has 0 saturated carbocycles. The Morgan fingerprint density at radius 2 is 1.86 bits per heavy atom. The minimum Gasteiger partial charge on any atom is -0.390 e. The lowest BCUT2D eigenvalue weighted by Gasteiger charge is -2.42. The summed E-state index contributed by atoms with van der Waals surface area (Å²) in [5, 5.41) is 10.9. The SMILES string of the molecule is N[C@H]1c2ccccc2C2(CCN(C(=O)Cn3cnc4ccccc43)CC2)[C@@H]1O. The molecule has 2 aliphatic rings. The van der Waals surface area contributed by atoms with Crippen LogP contribution in [0.1, 0.15) is 30.0 Å². The van der Waals surface area contributed by atoms with Gasteiger partial charge in [-0.05, 0) is 36.1 Å². The predicted octanol–water partition coefficient (Wildman–Crippen LogP) is 1.97. The lowest BCUT2D eigenvalue weighted by atomic mass is 9.72. The van der Waals surface area contributed by atoms with Crippen molar-refractivity contribution in [2.24, 2.45) is 5.73 Å². The maximum atomic E-state index is 12.9. The van der Waals surface area contributed by atoms with Crippen molar-refractivity contribution in [3.05, 3.63) is 66.0 Å². The minimum absolute atomic E-state index is 0.0862. The second-order valence-electron chi connectivity index (χ2n) is 7.96. The van der Waals surface area contributed by atoms with Gasteiger partial charge < -0.3 is 20.3 Å². The molecule has 1 saturated heterocycles. The molecule has 2 atom stereocenters. The van der Waals surface area contributed by atoms with Crippen LogP contribution in [0.5, 0.6) is 0 Å². The summed E-state index contributed by atoms with van der Waals surface area (Å²) in [7, 11) is 0. The Morgan fingerprint density at radius 1 is 1.14 bits per heavy atom. The molecule has 1 fully saturated rings. The Hall–Kier alpha value is -2.70. The number of carbonyl (C=O) groups is 1. The van der Waals surface area contributed by atoms with Gasteiger partial charge in [0.2, 0.25) is 5.91 Å². The summed E-state index contributed by atoms with van der Waals surface area (Å²) >= 11 is 0. The number of aliphatic hydroxyl groups is 1. The van der Waals surface area contributed by atoms with Crippen molar-refractivity contribution in [1.29, 1.82) is 0 Å². The quantitative estimate of drug-likeness (QED) is 0.716. The predicted molar refractivity (Wildman–Crippen MR) is 107 cm³/mol. The molecule has 1 aliphatic heterocycles. The topological polar surface area (TPSA) is 84.4 Å². The first-order valence-corrected chi connectivity index (χ1v) is 9.81. The fraction of sp³-hybridized carbons (Fsp3) is 0.364. The largest absolute Gasteiger partial charge is 0.390 e. The first kappa shape index (κ1) is 17.4. The number of hydrogen-bond acceptors (Lipinski definition) is 4. The van der Waals surface area contributed by atoms with Crippen molar-refractivity contribution in [2.75, 3.05) is 13.1 Å². The molecule has 28 heavy (non-hydrogen) atoms. The lowest BCUT2D eigenvalue weighted by molar-refractivity contribution is -0.134. The van der Waals surface area contributed by atoms with E-state index in [-0.39, 0.29) is 23.9 Å². The number of piperidine rings is 1. The lowest BCUT2D eigenvalue weighted by Crippen LogP contribution is -2.50. The van der Waals surface area contributed by atoms with Crippen LogP contribution in [-0.2, 0) is 16.8 Å². The van der Waals surface area contributed by atoms with Crippen molar-refractivity contribution >= 4 is 16.9 Å². The average Bonchev–Trinajstić information content (AvgIpc) is 3.23. The third-order valence-corrected chi connectivity index (χ3v) is 6.60. The molecule has 0 radical (unpaired) electrons. The van der Waals surface area contributed by atoms with Crippen LogP contribution in [0.2, 0.25) is 0 Å². The highest BCUT2D eigenvalue weighted by Crippen LogP contribution is 2.49. The maximum absolute atomic E-state index is 12.9. The van der Waals surface area contributed by atoms with E-state index in [2.05, 4.69) is 11.1 Å². The van der Waals surface area contributed by atoms with Crippen molar-refractivity contribution in [2.45, 2.75) is 36.9 Å². The molecule has 0 bridgehead atoms. The van der Waals surface area contributed by atoms with Gasteiger partial charge in [-0.3, -0.25) is 4.79 Å². The molecule has 1 amide bonds. The summed E-state index contributed by atoms with van der Waals surface area (Å²) in [5.41, 5.74) is 10.0. The molecule has 2 aromatic carbocycles. The van der Waals surface area contributed by atoms with Crippen molar-refractivity contribution in [3.8, 4) is 0 Å². The van der Waals surface area contributed by atoms with Crippen LogP contribution < -0.4 is 5.73 Å². The fourth-order valence-corrected chi connectivity index (χ4v) is 5.02. The molecule has 2 heterocycles. The molecule has 1 aromatic heterocycles. The zero-order chi connectivity index (χ0) is 19.3. The second-order valence-corrected chi connectivity index (χ2v) is 7.96. The van der Waals surface area contributed by atoms with Gasteiger partial charge in [-0.2, -0.15) is 0 Å². The van der Waals surface area contributed by atoms with E-state index in [0.29, 0.717) is 13.1 Å². The summed E-state index contributed by atoms with van der Waals surface area (Å²) in [4.78, 5) is 19.2. The van der Waals surface area contributed by atoms with E-state index in [0.717, 1.165) is 35.0 Å². The highest BCUT2D eigenvalue weighted by molar-refractivity contribution is 5.80. The number of carbonyl (C=O) groups excluding carboxylic acids is 1. The third kappa shape index (κ3) is 2.48. The van der Waals surface area contributed by atoms with Crippen molar-refractivity contribution in [1.82, 2.24) is 14.5 Å². The number of amides is 1. The van der Waals surface area contributed by atoms with Gasteiger partial charge in [0, 0.05) is 18.5 Å². The molecule has 6 heteroatoms. The molecule has 144 valence electrons. The van der Waals surface area contributed by atoms with E-state index in [1.54, 1.807) is 6.33 Å². The third-order valence-electron chi connectivity index (χ3n) is 6.60. The van der Waals surface area contributed by atoms with Crippen molar-refractivity contribution in [3.63, 3.8) is 0 Å². The van der Waals surface area contributed by atoms with Crippen LogP contribution in [0.3, 0.4) is 0 Å². The van der Waals surface area contributed by atoms with Crippen LogP contribution >= 0.6 is 0 Å². The molecule has 3 aromatic rings. The van der Waals surface area contributed by atoms with Gasteiger partial charge in [0.1, 0.15) is 6.54 Å². The van der Waals surface area contributed by atoms with E-state index in [4.69, 9.17) is 5.73 Å². The van der Waals surface area contributed by atoms with E-state index >= 15 is 0 Å². The monoisotopic (exact) mass is 376 g/mol. The summed E-state index contributed by atoms with van der Waals surface area (Å²) in [6, 6.07) is 15.6. The zero-order valence-electron chi connectivity index (χ0n) is 15.7. The first-order chi connectivity index (χ1) is 13.6. The van der Waals surface area contributed by atoms with Crippen LogP contribution in [0, 0.1) is 0 Å². The number of fused-ring (bicyclic) bond motifs is 3. The van der Waals surface area contributed by atoms with Gasteiger partial charge in [0.25, 0.3) is 0 Å². The Bertz CT molecular complexity index is 1040. The average molecular weight is 376 g/mol. The normalized spacial score (nSPS) is 23.3. The van der Waals surface area contributed by atoms with Gasteiger partial charge in [0.15, 0.2) is 0 Å². The Balaban J connectivity index is 1.33. The first-order valence-electron chi connectivity index (χ1n) is 9.81. The van der Waals surface area contributed by atoms with Gasteiger partial charge in [-0.15, -0.1) is 0 Å². The number of benzene rings is 2.